The summed E-state index contributed by atoms with van der Waals surface area (Å²) >= 11 is 0. The van der Waals surface area contributed by atoms with E-state index >= 15 is 0 Å². The van der Waals surface area contributed by atoms with Gasteiger partial charge >= 0.3 is 0 Å². The first-order valence-electron chi connectivity index (χ1n) is 5.95. The van der Waals surface area contributed by atoms with Gasteiger partial charge in [0.2, 0.25) is 0 Å². The highest BCUT2D eigenvalue weighted by Crippen LogP contribution is 2.08. The molecule has 7 nitrogen and oxygen atoms in total. The van der Waals surface area contributed by atoms with Crippen LogP contribution in [0, 0.1) is 0 Å². The van der Waals surface area contributed by atoms with E-state index in [1.807, 2.05) is 24.4 Å². The Morgan fingerprint density at radius 3 is 3.05 bits per heavy atom. The van der Waals surface area contributed by atoms with Crippen LogP contribution in [0.25, 0.3) is 5.65 Å². The molecule has 100 valence electrons. The van der Waals surface area contributed by atoms with Crippen molar-refractivity contribution in [1.29, 1.82) is 0 Å². The number of rotatable bonds is 3. The molecule has 2 N–H and O–H groups in total. The Morgan fingerprint density at radius 1 is 1.30 bits per heavy atom. The fourth-order valence-electron chi connectivity index (χ4n) is 1.82. The summed E-state index contributed by atoms with van der Waals surface area (Å²) < 4.78 is 1.79. The first-order valence-corrected chi connectivity index (χ1v) is 5.95. The molecule has 3 aromatic rings. The Labute approximate surface area is 113 Å². The molecule has 0 radical (unpaired) electrons. The molecule has 0 unspecified atom stereocenters. The van der Waals surface area contributed by atoms with Crippen LogP contribution in [0.2, 0.25) is 0 Å². The molecule has 0 saturated heterocycles. The first kappa shape index (κ1) is 12.1. The Kier molecular flexibility index (Phi) is 3.00. The van der Waals surface area contributed by atoms with E-state index in [0.717, 1.165) is 5.65 Å². The van der Waals surface area contributed by atoms with Crippen molar-refractivity contribution in [2.75, 3.05) is 0 Å². The topological polar surface area (TPSA) is 92.4 Å². The number of nitrogens with one attached hydrogen (secondary N) is 1. The molecule has 3 rings (SSSR count). The molecule has 0 bridgehead atoms. The number of amides is 1. The van der Waals surface area contributed by atoms with Crippen LogP contribution in [-0.2, 0) is 6.54 Å². The highest BCUT2D eigenvalue weighted by atomic mass is 16.3. The Hall–Kier alpha value is -2.96. The van der Waals surface area contributed by atoms with Gasteiger partial charge in [-0.1, -0.05) is 6.07 Å². The summed E-state index contributed by atoms with van der Waals surface area (Å²) in [6.45, 7) is 0.236. The molecule has 0 spiro atoms. The summed E-state index contributed by atoms with van der Waals surface area (Å²) in [5.74, 6) is 0.244. The molecule has 1 amide bonds. The number of aromatic nitrogens is 4. The number of fused-ring (bicyclic) bond motifs is 1. The van der Waals surface area contributed by atoms with Gasteiger partial charge in [-0.05, 0) is 18.2 Å². The van der Waals surface area contributed by atoms with E-state index in [0.29, 0.717) is 11.4 Å². The van der Waals surface area contributed by atoms with E-state index in [2.05, 4.69) is 20.5 Å². The third-order valence-corrected chi connectivity index (χ3v) is 2.78. The fourth-order valence-corrected chi connectivity index (χ4v) is 1.82. The lowest BCUT2D eigenvalue weighted by molar-refractivity contribution is 0.0949. The summed E-state index contributed by atoms with van der Waals surface area (Å²) in [6.07, 6.45) is 4.48. The van der Waals surface area contributed by atoms with Gasteiger partial charge in [-0.15, -0.1) is 10.2 Å². The molecule has 20 heavy (non-hydrogen) atoms. The van der Waals surface area contributed by atoms with Crippen molar-refractivity contribution >= 4 is 11.6 Å². The highest BCUT2D eigenvalue weighted by molar-refractivity contribution is 5.94. The second-order valence-corrected chi connectivity index (χ2v) is 4.16. The second-order valence-electron chi connectivity index (χ2n) is 4.16. The van der Waals surface area contributed by atoms with Crippen LogP contribution in [0.4, 0.5) is 0 Å². The van der Waals surface area contributed by atoms with Gasteiger partial charge in [0.25, 0.3) is 5.91 Å². The maximum atomic E-state index is 11.9. The number of carbonyl (C=O) groups excluding carboxylic acids is 1. The lowest BCUT2D eigenvalue weighted by atomic mass is 10.2. The average Bonchev–Trinajstić information content (AvgIpc) is 2.88. The monoisotopic (exact) mass is 269 g/mol. The summed E-state index contributed by atoms with van der Waals surface area (Å²) in [7, 11) is 0. The van der Waals surface area contributed by atoms with Crippen molar-refractivity contribution in [3.05, 3.63) is 54.2 Å². The van der Waals surface area contributed by atoms with Gasteiger partial charge in [0.05, 0.1) is 18.3 Å². The largest absolute Gasteiger partial charge is 0.506 e. The van der Waals surface area contributed by atoms with Crippen molar-refractivity contribution in [3.63, 3.8) is 0 Å². The smallest absolute Gasteiger partial charge is 0.253 e. The maximum Gasteiger partial charge on any atom is 0.253 e. The molecule has 0 aliphatic heterocycles. The summed E-state index contributed by atoms with van der Waals surface area (Å²) in [5, 5.41) is 20.0. The van der Waals surface area contributed by atoms with Gasteiger partial charge in [0.1, 0.15) is 5.75 Å². The molecular weight excluding hydrogens is 258 g/mol. The van der Waals surface area contributed by atoms with Crippen LogP contribution < -0.4 is 5.32 Å². The third kappa shape index (κ3) is 2.28. The second kappa shape index (κ2) is 4.96. The fraction of sp³-hybridized carbons (Fsp3) is 0.0769. The lowest BCUT2D eigenvalue weighted by Crippen LogP contribution is -2.24. The number of pyridine rings is 2. The number of carbonyl (C=O) groups is 1. The van der Waals surface area contributed by atoms with Crippen LogP contribution in [0.5, 0.6) is 5.75 Å². The first-order chi connectivity index (χ1) is 9.74. The van der Waals surface area contributed by atoms with Gasteiger partial charge in [0.15, 0.2) is 11.5 Å². The van der Waals surface area contributed by atoms with Crippen molar-refractivity contribution in [2.45, 2.75) is 6.54 Å². The van der Waals surface area contributed by atoms with Gasteiger partial charge in [-0.3, -0.25) is 14.2 Å². The summed E-state index contributed by atoms with van der Waals surface area (Å²) in [5.41, 5.74) is 1.01. The molecule has 3 aromatic heterocycles. The van der Waals surface area contributed by atoms with Crippen molar-refractivity contribution in [3.8, 4) is 5.75 Å². The molecule has 0 saturated carbocycles. The van der Waals surface area contributed by atoms with Crippen LogP contribution in [0.1, 0.15) is 16.2 Å². The van der Waals surface area contributed by atoms with Crippen LogP contribution >= 0.6 is 0 Å². The van der Waals surface area contributed by atoms with Crippen molar-refractivity contribution < 1.29 is 9.90 Å². The van der Waals surface area contributed by atoms with Gasteiger partial charge < -0.3 is 10.4 Å². The molecule has 0 aliphatic carbocycles. The zero-order chi connectivity index (χ0) is 13.9. The SMILES string of the molecule is O=C(NCc1nnc2ccccn12)c1cncc(O)c1. The molecule has 0 aliphatic rings. The molecule has 7 heteroatoms. The standard InChI is InChI=1S/C13H11N5O2/c19-10-5-9(6-14-7-10)13(20)15-8-12-17-16-11-3-1-2-4-18(11)12/h1-7,19H,8H2,(H,15,20). The maximum absolute atomic E-state index is 11.9. The zero-order valence-electron chi connectivity index (χ0n) is 10.4. The molecule has 0 atom stereocenters. The van der Waals surface area contributed by atoms with Crippen molar-refractivity contribution in [1.82, 2.24) is 24.9 Å². The molecule has 0 fully saturated rings. The molecule has 3 heterocycles. The Balaban J connectivity index is 1.75. The van der Waals surface area contributed by atoms with Gasteiger partial charge in [0, 0.05) is 12.4 Å². The van der Waals surface area contributed by atoms with Crippen molar-refractivity contribution in [2.24, 2.45) is 0 Å². The quantitative estimate of drug-likeness (QED) is 0.732. The lowest BCUT2D eigenvalue weighted by Gasteiger charge is -2.04. The number of aromatic hydroxyl groups is 1. The normalized spacial score (nSPS) is 10.6. The summed E-state index contributed by atoms with van der Waals surface area (Å²) in [6, 6.07) is 6.91. The van der Waals surface area contributed by atoms with Crippen LogP contribution in [-0.4, -0.2) is 30.6 Å². The van der Waals surface area contributed by atoms with E-state index in [9.17, 15) is 9.90 Å². The molecule has 0 aromatic carbocycles. The number of hydrogen-bond donors (Lipinski definition) is 2. The van der Waals surface area contributed by atoms with E-state index in [1.54, 1.807) is 4.40 Å². The van der Waals surface area contributed by atoms with Crippen LogP contribution in [0.15, 0.2) is 42.9 Å². The van der Waals surface area contributed by atoms with E-state index in [-0.39, 0.29) is 18.2 Å². The Morgan fingerprint density at radius 2 is 2.20 bits per heavy atom. The summed E-state index contributed by atoms with van der Waals surface area (Å²) in [4.78, 5) is 15.7. The Bertz CT molecular complexity index is 768. The van der Waals surface area contributed by atoms with Gasteiger partial charge in [-0.2, -0.15) is 0 Å². The average molecular weight is 269 g/mol. The third-order valence-electron chi connectivity index (χ3n) is 2.78. The number of nitrogens with zero attached hydrogens (tertiary/aromatic N) is 4. The molecular formula is C13H11N5O2. The van der Waals surface area contributed by atoms with E-state index in [1.165, 1.54) is 18.5 Å². The van der Waals surface area contributed by atoms with E-state index in [4.69, 9.17) is 0 Å². The minimum absolute atomic E-state index is 0.0504. The predicted octanol–water partition coefficient (Wildman–Crippen LogP) is 0.760. The minimum Gasteiger partial charge on any atom is -0.506 e. The van der Waals surface area contributed by atoms with Gasteiger partial charge in [-0.25, -0.2) is 0 Å². The minimum atomic E-state index is -0.332. The zero-order valence-corrected chi connectivity index (χ0v) is 10.4. The predicted molar refractivity (Wildman–Crippen MR) is 70.1 cm³/mol. The highest BCUT2D eigenvalue weighted by Gasteiger charge is 2.09. The number of hydrogen-bond acceptors (Lipinski definition) is 5. The van der Waals surface area contributed by atoms with Crippen LogP contribution in [0.3, 0.4) is 0 Å². The van der Waals surface area contributed by atoms with E-state index < -0.39 is 0 Å².